The van der Waals surface area contributed by atoms with Crippen LogP contribution in [-0.4, -0.2) is 41.5 Å². The molecule has 0 spiro atoms. The molecule has 0 unspecified atom stereocenters. The molecular formula is C23H22ClFN2O3. The van der Waals surface area contributed by atoms with Gasteiger partial charge >= 0.3 is 5.97 Å². The third kappa shape index (κ3) is 3.98. The van der Waals surface area contributed by atoms with Crippen molar-refractivity contribution in [2.75, 3.05) is 20.2 Å². The van der Waals surface area contributed by atoms with E-state index in [0.717, 1.165) is 0 Å². The van der Waals surface area contributed by atoms with Crippen LogP contribution in [0.1, 0.15) is 33.6 Å². The molecule has 1 saturated heterocycles. The van der Waals surface area contributed by atoms with E-state index in [1.807, 2.05) is 24.3 Å². The lowest BCUT2D eigenvalue weighted by atomic mass is 9.95. The van der Waals surface area contributed by atoms with Gasteiger partial charge in [0.1, 0.15) is 5.82 Å². The third-order valence-electron chi connectivity index (χ3n) is 5.70. The highest BCUT2D eigenvalue weighted by atomic mass is 35.5. The van der Waals surface area contributed by atoms with Crippen LogP contribution in [0.2, 0.25) is 5.02 Å². The number of esters is 1. The SMILES string of the molecule is COC(=O)c1cn(C(=O)C2CCN(Cc3ccc(Cl)cc3F)CC2)c2ccccc12. The average molecular weight is 429 g/mol. The highest BCUT2D eigenvalue weighted by Gasteiger charge is 2.28. The van der Waals surface area contributed by atoms with Gasteiger partial charge in [0.2, 0.25) is 5.91 Å². The zero-order valence-corrected chi connectivity index (χ0v) is 17.4. The number of carbonyl (C=O) groups excluding carboxylic acids is 2. The van der Waals surface area contributed by atoms with E-state index in [0.29, 0.717) is 59.5 Å². The molecule has 0 N–H and O–H groups in total. The Balaban J connectivity index is 1.48. The van der Waals surface area contributed by atoms with Gasteiger partial charge in [-0.2, -0.15) is 0 Å². The molecule has 1 fully saturated rings. The molecule has 0 radical (unpaired) electrons. The van der Waals surface area contributed by atoms with Gasteiger partial charge < -0.3 is 4.74 Å². The van der Waals surface area contributed by atoms with Crippen molar-refractivity contribution in [2.24, 2.45) is 5.92 Å². The van der Waals surface area contributed by atoms with Crippen molar-refractivity contribution in [1.82, 2.24) is 9.47 Å². The van der Waals surface area contributed by atoms with Gasteiger partial charge in [0, 0.05) is 34.6 Å². The monoisotopic (exact) mass is 428 g/mol. The molecule has 7 heteroatoms. The number of carbonyl (C=O) groups is 2. The molecule has 0 aliphatic carbocycles. The van der Waals surface area contributed by atoms with Crippen LogP contribution in [0.25, 0.3) is 10.9 Å². The van der Waals surface area contributed by atoms with E-state index in [2.05, 4.69) is 4.90 Å². The lowest BCUT2D eigenvalue weighted by Crippen LogP contribution is -2.37. The second-order valence-corrected chi connectivity index (χ2v) is 7.98. The summed E-state index contributed by atoms with van der Waals surface area (Å²) >= 11 is 5.82. The van der Waals surface area contributed by atoms with E-state index < -0.39 is 5.97 Å². The molecule has 0 amide bonds. The van der Waals surface area contributed by atoms with Crippen molar-refractivity contribution in [3.8, 4) is 0 Å². The Morgan fingerprint density at radius 2 is 1.90 bits per heavy atom. The van der Waals surface area contributed by atoms with Crippen LogP contribution >= 0.6 is 11.6 Å². The fourth-order valence-electron chi connectivity index (χ4n) is 4.06. The molecule has 2 heterocycles. The number of rotatable bonds is 4. The van der Waals surface area contributed by atoms with E-state index >= 15 is 0 Å². The zero-order valence-electron chi connectivity index (χ0n) is 16.6. The Labute approximate surface area is 179 Å². The number of hydrogen-bond acceptors (Lipinski definition) is 4. The van der Waals surface area contributed by atoms with Crippen molar-refractivity contribution in [3.05, 3.63) is 70.6 Å². The van der Waals surface area contributed by atoms with Gasteiger partial charge in [-0.25, -0.2) is 9.18 Å². The average Bonchev–Trinajstić information content (AvgIpc) is 3.15. The predicted molar refractivity (Wildman–Crippen MR) is 113 cm³/mol. The van der Waals surface area contributed by atoms with Gasteiger partial charge in [-0.15, -0.1) is 0 Å². The highest BCUT2D eigenvalue weighted by molar-refractivity contribution is 6.30. The number of likely N-dealkylation sites (tertiary alicyclic amines) is 1. The van der Waals surface area contributed by atoms with E-state index in [1.54, 1.807) is 22.9 Å². The summed E-state index contributed by atoms with van der Waals surface area (Å²) in [5.74, 6) is -0.955. The summed E-state index contributed by atoms with van der Waals surface area (Å²) in [6.07, 6.45) is 2.93. The van der Waals surface area contributed by atoms with Crippen LogP contribution in [0, 0.1) is 11.7 Å². The number of para-hydroxylation sites is 1. The van der Waals surface area contributed by atoms with Crippen LogP contribution < -0.4 is 0 Å². The maximum Gasteiger partial charge on any atom is 0.340 e. The number of fused-ring (bicyclic) bond motifs is 1. The first-order chi connectivity index (χ1) is 14.5. The Kier molecular flexibility index (Phi) is 5.88. The van der Waals surface area contributed by atoms with Crippen LogP contribution in [0.4, 0.5) is 4.39 Å². The normalized spacial score (nSPS) is 15.4. The van der Waals surface area contributed by atoms with Gasteiger partial charge in [-0.1, -0.05) is 35.9 Å². The topological polar surface area (TPSA) is 51.5 Å². The number of hydrogen-bond donors (Lipinski definition) is 0. The van der Waals surface area contributed by atoms with Crippen molar-refractivity contribution in [1.29, 1.82) is 0 Å². The summed E-state index contributed by atoms with van der Waals surface area (Å²) in [7, 11) is 1.33. The maximum atomic E-state index is 14.1. The third-order valence-corrected chi connectivity index (χ3v) is 5.94. The lowest BCUT2D eigenvalue weighted by molar-refractivity contribution is 0.0603. The zero-order chi connectivity index (χ0) is 21.3. The van der Waals surface area contributed by atoms with Crippen molar-refractivity contribution >= 4 is 34.4 Å². The van der Waals surface area contributed by atoms with Gasteiger partial charge in [-0.05, 0) is 44.1 Å². The number of halogens is 2. The maximum absolute atomic E-state index is 14.1. The molecule has 0 bridgehead atoms. The number of methoxy groups -OCH3 is 1. The summed E-state index contributed by atoms with van der Waals surface area (Å²) in [6, 6.07) is 12.0. The first-order valence-electron chi connectivity index (χ1n) is 9.87. The predicted octanol–water partition coefficient (Wildman–Crippen LogP) is 4.77. The van der Waals surface area contributed by atoms with Gasteiger partial charge in [0.25, 0.3) is 0 Å². The van der Waals surface area contributed by atoms with Crippen LogP contribution in [0.15, 0.2) is 48.7 Å². The van der Waals surface area contributed by atoms with Crippen molar-refractivity contribution in [3.63, 3.8) is 0 Å². The number of aromatic nitrogens is 1. The summed E-state index contributed by atoms with van der Waals surface area (Å²) in [4.78, 5) is 27.5. The van der Waals surface area contributed by atoms with Gasteiger partial charge in [0.05, 0.1) is 18.2 Å². The Morgan fingerprint density at radius 3 is 2.60 bits per heavy atom. The fourth-order valence-corrected chi connectivity index (χ4v) is 4.22. The van der Waals surface area contributed by atoms with Crippen LogP contribution in [0.3, 0.4) is 0 Å². The van der Waals surface area contributed by atoms with Crippen LogP contribution in [-0.2, 0) is 11.3 Å². The summed E-state index contributed by atoms with van der Waals surface area (Å²) in [5.41, 5.74) is 1.69. The fraction of sp³-hybridized carbons (Fsp3) is 0.304. The lowest BCUT2D eigenvalue weighted by Gasteiger charge is -2.31. The molecule has 0 atom stereocenters. The van der Waals surface area contributed by atoms with E-state index in [4.69, 9.17) is 16.3 Å². The standard InChI is InChI=1S/C23H22ClFN2O3/c1-30-23(29)19-14-27(21-5-3-2-4-18(19)21)22(28)15-8-10-26(11-9-15)13-16-6-7-17(24)12-20(16)25/h2-7,12,14-15H,8-11,13H2,1H3. The Morgan fingerprint density at radius 1 is 1.17 bits per heavy atom. The minimum Gasteiger partial charge on any atom is -0.465 e. The molecule has 156 valence electrons. The molecule has 30 heavy (non-hydrogen) atoms. The largest absolute Gasteiger partial charge is 0.465 e. The Bertz CT molecular complexity index is 1100. The second kappa shape index (κ2) is 8.58. The second-order valence-electron chi connectivity index (χ2n) is 7.55. The Hall–Kier alpha value is -2.70. The first kappa shape index (κ1) is 20.6. The minimum atomic E-state index is -0.461. The molecule has 2 aromatic carbocycles. The summed E-state index contributed by atoms with van der Waals surface area (Å²) < 4.78 is 20.5. The summed E-state index contributed by atoms with van der Waals surface area (Å²) in [6.45, 7) is 1.88. The minimum absolute atomic E-state index is 0.0290. The number of ether oxygens (including phenoxy) is 1. The summed E-state index contributed by atoms with van der Waals surface area (Å²) in [5, 5.41) is 1.08. The van der Waals surface area contributed by atoms with Gasteiger partial charge in [0.15, 0.2) is 0 Å². The molecule has 3 aromatic rings. The van der Waals surface area contributed by atoms with Crippen molar-refractivity contribution < 1.29 is 18.7 Å². The molecular weight excluding hydrogens is 407 g/mol. The van der Waals surface area contributed by atoms with Crippen molar-refractivity contribution in [2.45, 2.75) is 19.4 Å². The van der Waals surface area contributed by atoms with E-state index in [9.17, 15) is 14.0 Å². The van der Waals surface area contributed by atoms with E-state index in [-0.39, 0.29) is 17.6 Å². The van der Waals surface area contributed by atoms with Gasteiger partial charge in [-0.3, -0.25) is 14.3 Å². The molecule has 4 rings (SSSR count). The highest BCUT2D eigenvalue weighted by Crippen LogP contribution is 2.27. The number of piperidine rings is 1. The molecule has 1 aromatic heterocycles. The quantitative estimate of drug-likeness (QED) is 0.561. The number of nitrogens with zero attached hydrogens (tertiary/aromatic N) is 2. The molecule has 1 aliphatic rings. The van der Waals surface area contributed by atoms with Crippen LogP contribution in [0.5, 0.6) is 0 Å². The smallest absolute Gasteiger partial charge is 0.340 e. The molecule has 5 nitrogen and oxygen atoms in total. The van der Waals surface area contributed by atoms with E-state index in [1.165, 1.54) is 13.2 Å². The molecule has 1 aliphatic heterocycles. The molecule has 0 saturated carbocycles. The number of benzene rings is 2. The first-order valence-corrected chi connectivity index (χ1v) is 10.2.